The Hall–Kier alpha value is -5.80. The zero-order valence-corrected chi connectivity index (χ0v) is 26.0. The number of hydrogen-bond acceptors (Lipinski definition) is 1. The molecular formula is C44H32N2O. The van der Waals surface area contributed by atoms with Crippen molar-refractivity contribution in [3.63, 3.8) is 0 Å². The molecule has 0 saturated heterocycles. The number of furan rings is 1. The zero-order valence-electron chi connectivity index (χ0n) is 26.0. The number of benzene rings is 6. The molecule has 0 N–H and O–H groups in total. The summed E-state index contributed by atoms with van der Waals surface area (Å²) in [7, 11) is 0. The lowest BCUT2D eigenvalue weighted by atomic mass is 9.88. The van der Waals surface area contributed by atoms with Gasteiger partial charge in [0.1, 0.15) is 11.2 Å². The second-order valence-electron chi connectivity index (χ2n) is 12.9. The number of hydrogen-bond donors (Lipinski definition) is 0. The molecule has 1 aliphatic rings. The van der Waals surface area contributed by atoms with E-state index in [2.05, 4.69) is 149 Å². The Bertz CT molecular complexity index is 2650. The molecule has 10 rings (SSSR count). The summed E-state index contributed by atoms with van der Waals surface area (Å²) < 4.78 is 11.0. The van der Waals surface area contributed by atoms with Gasteiger partial charge >= 0.3 is 0 Å². The summed E-state index contributed by atoms with van der Waals surface area (Å²) in [6.07, 6.45) is 9.30. The first-order valence-electron chi connectivity index (χ1n) is 16.6. The van der Waals surface area contributed by atoms with Crippen LogP contribution in [0.25, 0.3) is 77.4 Å². The van der Waals surface area contributed by atoms with Gasteiger partial charge in [-0.1, -0.05) is 78.9 Å². The van der Waals surface area contributed by atoms with Gasteiger partial charge in [-0.3, -0.25) is 0 Å². The second-order valence-corrected chi connectivity index (χ2v) is 12.9. The second kappa shape index (κ2) is 10.4. The van der Waals surface area contributed by atoms with Crippen LogP contribution in [0.2, 0.25) is 0 Å². The molecule has 3 aromatic heterocycles. The summed E-state index contributed by atoms with van der Waals surface area (Å²) in [6, 6.07) is 48.8. The lowest BCUT2D eigenvalue weighted by Gasteiger charge is -2.22. The van der Waals surface area contributed by atoms with Gasteiger partial charge in [-0.2, -0.15) is 0 Å². The van der Waals surface area contributed by atoms with Gasteiger partial charge in [-0.15, -0.1) is 0 Å². The SMILES string of the molecule is c1ccc2c(c1)ccn2-c1cc(-n2ccc3ccccc32)c(-c2ccc3oc4ccccc4c3c2)cc1-c1ccc2c(c1)CCCC2. The summed E-state index contributed by atoms with van der Waals surface area (Å²) in [6.45, 7) is 0. The normalized spacial score (nSPS) is 13.2. The predicted octanol–water partition coefficient (Wildman–Crippen LogP) is 11.7. The van der Waals surface area contributed by atoms with E-state index in [0.29, 0.717) is 0 Å². The number of fused-ring (bicyclic) bond motifs is 6. The molecule has 0 fully saturated rings. The van der Waals surface area contributed by atoms with Crippen LogP contribution in [0.1, 0.15) is 24.0 Å². The minimum Gasteiger partial charge on any atom is -0.456 e. The van der Waals surface area contributed by atoms with E-state index in [1.165, 1.54) is 80.1 Å². The highest BCUT2D eigenvalue weighted by Gasteiger charge is 2.20. The van der Waals surface area contributed by atoms with Crippen LogP contribution in [0.5, 0.6) is 0 Å². The average Bonchev–Trinajstić information content (AvgIpc) is 3.86. The maximum atomic E-state index is 6.25. The van der Waals surface area contributed by atoms with Crippen LogP contribution in [-0.4, -0.2) is 9.13 Å². The van der Waals surface area contributed by atoms with Crippen LogP contribution in [-0.2, 0) is 12.8 Å². The molecule has 224 valence electrons. The minimum atomic E-state index is 0.910. The lowest BCUT2D eigenvalue weighted by Crippen LogP contribution is -2.05. The van der Waals surface area contributed by atoms with Gasteiger partial charge in [-0.05, 0) is 113 Å². The Balaban J connectivity index is 1.31. The Morgan fingerprint density at radius 3 is 1.79 bits per heavy atom. The Morgan fingerprint density at radius 1 is 0.447 bits per heavy atom. The summed E-state index contributed by atoms with van der Waals surface area (Å²) >= 11 is 0. The summed E-state index contributed by atoms with van der Waals surface area (Å²) in [5.74, 6) is 0. The highest BCUT2D eigenvalue weighted by molar-refractivity contribution is 6.07. The standard InChI is InChI=1S/C44H32N2O/c1-2-12-32-25-33(18-17-29(32)9-1)36-27-37(34-19-20-44-38(26-34)35-13-5-8-16-43(35)47-44)42(46-24-22-31-11-4-7-15-40(31)46)28-41(36)45-23-21-30-10-3-6-14-39(30)45/h3-8,10-11,13-28H,1-2,9,12H2. The van der Waals surface area contributed by atoms with E-state index in [1.54, 1.807) is 0 Å². The Labute approximate surface area is 272 Å². The van der Waals surface area contributed by atoms with E-state index < -0.39 is 0 Å². The number of rotatable bonds is 4. The fraction of sp³-hybridized carbons (Fsp3) is 0.0909. The monoisotopic (exact) mass is 604 g/mol. The molecule has 3 heteroatoms. The molecule has 0 amide bonds. The minimum absolute atomic E-state index is 0.910. The van der Waals surface area contributed by atoms with E-state index in [4.69, 9.17) is 4.42 Å². The summed E-state index contributed by atoms with van der Waals surface area (Å²) in [4.78, 5) is 0. The molecule has 0 aliphatic heterocycles. The summed E-state index contributed by atoms with van der Waals surface area (Å²) in [5.41, 5.74) is 14.4. The molecule has 0 unspecified atom stereocenters. The zero-order chi connectivity index (χ0) is 30.9. The van der Waals surface area contributed by atoms with E-state index >= 15 is 0 Å². The third-order valence-electron chi connectivity index (χ3n) is 10.2. The van der Waals surface area contributed by atoms with Gasteiger partial charge in [0, 0.05) is 34.3 Å². The molecule has 6 aromatic carbocycles. The molecule has 9 aromatic rings. The van der Waals surface area contributed by atoms with Crippen LogP contribution in [0.15, 0.2) is 150 Å². The number of aryl methyl sites for hydroxylation is 2. The number of para-hydroxylation sites is 3. The maximum absolute atomic E-state index is 6.25. The molecule has 1 aliphatic carbocycles. The highest BCUT2D eigenvalue weighted by atomic mass is 16.3. The van der Waals surface area contributed by atoms with Crippen molar-refractivity contribution < 1.29 is 4.42 Å². The van der Waals surface area contributed by atoms with Gasteiger partial charge < -0.3 is 13.6 Å². The Morgan fingerprint density at radius 2 is 1.04 bits per heavy atom. The Kier molecular flexibility index (Phi) is 5.83. The highest BCUT2D eigenvalue weighted by Crippen LogP contribution is 2.42. The van der Waals surface area contributed by atoms with Crippen molar-refractivity contribution in [1.29, 1.82) is 0 Å². The molecule has 3 nitrogen and oxygen atoms in total. The third kappa shape index (κ3) is 4.20. The molecule has 0 saturated carbocycles. The molecule has 0 bridgehead atoms. The van der Waals surface area contributed by atoms with Crippen molar-refractivity contribution in [1.82, 2.24) is 9.13 Å². The van der Waals surface area contributed by atoms with Crippen LogP contribution in [0, 0.1) is 0 Å². The van der Waals surface area contributed by atoms with Gasteiger partial charge in [0.2, 0.25) is 0 Å². The van der Waals surface area contributed by atoms with E-state index in [0.717, 1.165) is 34.0 Å². The van der Waals surface area contributed by atoms with Crippen molar-refractivity contribution >= 4 is 43.7 Å². The molecule has 0 atom stereocenters. The van der Waals surface area contributed by atoms with Crippen LogP contribution < -0.4 is 0 Å². The van der Waals surface area contributed by atoms with Crippen LogP contribution in [0.4, 0.5) is 0 Å². The van der Waals surface area contributed by atoms with E-state index in [-0.39, 0.29) is 0 Å². The number of aromatic nitrogens is 2. The maximum Gasteiger partial charge on any atom is 0.135 e. The van der Waals surface area contributed by atoms with Gasteiger partial charge in [0.15, 0.2) is 0 Å². The quantitative estimate of drug-likeness (QED) is 0.196. The fourth-order valence-electron chi connectivity index (χ4n) is 7.82. The first-order valence-corrected chi connectivity index (χ1v) is 16.6. The summed E-state index contributed by atoms with van der Waals surface area (Å²) in [5, 5.41) is 4.74. The van der Waals surface area contributed by atoms with Gasteiger partial charge in [0.05, 0.1) is 22.4 Å². The molecule has 3 heterocycles. The average molecular weight is 605 g/mol. The third-order valence-corrected chi connectivity index (χ3v) is 10.2. The van der Waals surface area contributed by atoms with E-state index in [9.17, 15) is 0 Å². The predicted molar refractivity (Wildman–Crippen MR) is 195 cm³/mol. The molecule has 0 radical (unpaired) electrons. The van der Waals surface area contributed by atoms with Crippen molar-refractivity contribution in [2.24, 2.45) is 0 Å². The topological polar surface area (TPSA) is 23.0 Å². The number of nitrogens with zero attached hydrogens (tertiary/aromatic N) is 2. The fourth-order valence-corrected chi connectivity index (χ4v) is 7.82. The van der Waals surface area contributed by atoms with Crippen molar-refractivity contribution in [3.05, 3.63) is 157 Å². The first-order chi connectivity index (χ1) is 23.3. The lowest BCUT2D eigenvalue weighted by molar-refractivity contribution is 0.669. The first kappa shape index (κ1) is 26.4. The van der Waals surface area contributed by atoms with E-state index in [1.807, 2.05) is 6.07 Å². The molecule has 0 spiro atoms. The van der Waals surface area contributed by atoms with Gasteiger partial charge in [-0.25, -0.2) is 0 Å². The van der Waals surface area contributed by atoms with Gasteiger partial charge in [0.25, 0.3) is 0 Å². The van der Waals surface area contributed by atoms with Crippen LogP contribution in [0.3, 0.4) is 0 Å². The molecule has 47 heavy (non-hydrogen) atoms. The van der Waals surface area contributed by atoms with Crippen molar-refractivity contribution in [3.8, 4) is 33.6 Å². The molecular weight excluding hydrogens is 572 g/mol. The largest absolute Gasteiger partial charge is 0.456 e. The van der Waals surface area contributed by atoms with Crippen LogP contribution >= 0.6 is 0 Å². The smallest absolute Gasteiger partial charge is 0.135 e. The van der Waals surface area contributed by atoms with Crippen molar-refractivity contribution in [2.75, 3.05) is 0 Å². The van der Waals surface area contributed by atoms with Crippen molar-refractivity contribution in [2.45, 2.75) is 25.7 Å².